The molecular weight excluding hydrogens is 419 g/mol. The molecule has 8 nitrogen and oxygen atoms in total. The van der Waals surface area contributed by atoms with Crippen molar-refractivity contribution in [2.75, 3.05) is 26.2 Å². The maximum atomic E-state index is 12.2. The monoisotopic (exact) mass is 440 g/mol. The van der Waals surface area contributed by atoms with Crippen LogP contribution in [0.15, 0.2) is 34.7 Å². The summed E-state index contributed by atoms with van der Waals surface area (Å²) in [6.07, 6.45) is -0.0944. The molecule has 0 bridgehead atoms. The highest BCUT2D eigenvalue weighted by atomic mass is 35.5. The fourth-order valence-electron chi connectivity index (χ4n) is 3.06. The Balaban J connectivity index is 1.45. The van der Waals surface area contributed by atoms with Crippen molar-refractivity contribution < 1.29 is 18.7 Å². The molecule has 1 aliphatic rings. The minimum Gasteiger partial charge on any atom is -0.455 e. The molecule has 1 atom stereocenters. The fourth-order valence-corrected chi connectivity index (χ4v) is 3.38. The van der Waals surface area contributed by atoms with Crippen molar-refractivity contribution in [3.63, 3.8) is 0 Å². The number of carbonyl (C=O) groups excluding carboxylic acids is 2. The molecule has 2 heterocycles. The topological polar surface area (TPSA) is 110 Å². The summed E-state index contributed by atoms with van der Waals surface area (Å²) in [7, 11) is 0. The number of benzene rings is 1. The third-order valence-electron chi connectivity index (χ3n) is 4.49. The zero-order valence-electron chi connectivity index (χ0n) is 15.6. The van der Waals surface area contributed by atoms with E-state index in [0.717, 1.165) is 18.7 Å². The van der Waals surface area contributed by atoms with Crippen LogP contribution in [0, 0.1) is 0 Å². The normalized spacial score (nSPS) is 17.1. The highest BCUT2D eigenvalue weighted by molar-refractivity contribution is 6.42. The highest BCUT2D eigenvalue weighted by Crippen LogP contribution is 2.23. The Bertz CT molecular complexity index is 874. The van der Waals surface area contributed by atoms with E-state index in [9.17, 15) is 9.59 Å². The molecule has 156 valence electrons. The summed E-state index contributed by atoms with van der Waals surface area (Å²) in [5, 5.41) is 3.91. The van der Waals surface area contributed by atoms with Crippen LogP contribution in [-0.2, 0) is 22.5 Å². The van der Waals surface area contributed by atoms with Gasteiger partial charge >= 0.3 is 5.91 Å². The van der Waals surface area contributed by atoms with Gasteiger partial charge in [0.05, 0.1) is 29.2 Å². The fraction of sp³-hybridized carbons (Fsp3) is 0.368. The van der Waals surface area contributed by atoms with Crippen molar-refractivity contribution in [2.24, 2.45) is 5.84 Å². The van der Waals surface area contributed by atoms with Gasteiger partial charge in [-0.05, 0) is 29.8 Å². The van der Waals surface area contributed by atoms with Crippen LogP contribution in [0.25, 0.3) is 0 Å². The third-order valence-corrected chi connectivity index (χ3v) is 5.23. The lowest BCUT2D eigenvalue weighted by molar-refractivity contribution is -0.122. The smallest absolute Gasteiger partial charge is 0.300 e. The Hall–Kier alpha value is -2.10. The molecule has 0 unspecified atom stereocenters. The minimum atomic E-state index is -0.547. The van der Waals surface area contributed by atoms with Gasteiger partial charge in [-0.2, -0.15) is 0 Å². The number of furan rings is 1. The van der Waals surface area contributed by atoms with Crippen molar-refractivity contribution in [1.29, 1.82) is 0 Å². The molecule has 0 radical (unpaired) electrons. The number of nitrogen functional groups attached to an aromatic ring is 1. The van der Waals surface area contributed by atoms with Gasteiger partial charge in [0.25, 0.3) is 0 Å². The van der Waals surface area contributed by atoms with Crippen LogP contribution >= 0.6 is 23.2 Å². The average Bonchev–Trinajstić information content (AvgIpc) is 3.17. The summed E-state index contributed by atoms with van der Waals surface area (Å²) < 4.78 is 11.0. The summed E-state index contributed by atoms with van der Waals surface area (Å²) in [5.74, 6) is 4.72. The lowest BCUT2D eigenvalue weighted by Gasteiger charge is -2.33. The SMILES string of the molecule is NNC(=O)c1ccc(CC(=O)NC[C@H]2CN(Cc3ccc(Cl)c(Cl)c3)CCO2)o1. The highest BCUT2D eigenvalue weighted by Gasteiger charge is 2.21. The van der Waals surface area contributed by atoms with E-state index >= 15 is 0 Å². The van der Waals surface area contributed by atoms with Crippen LogP contribution in [0.5, 0.6) is 0 Å². The van der Waals surface area contributed by atoms with Crippen LogP contribution in [0.4, 0.5) is 0 Å². The summed E-state index contributed by atoms with van der Waals surface area (Å²) >= 11 is 12.0. The molecule has 29 heavy (non-hydrogen) atoms. The van der Waals surface area contributed by atoms with Gasteiger partial charge in [-0.1, -0.05) is 29.3 Å². The minimum absolute atomic E-state index is 0.0254. The first-order chi connectivity index (χ1) is 13.9. The molecule has 2 aromatic rings. The number of hydrogen-bond donors (Lipinski definition) is 3. The number of ether oxygens (including phenoxy) is 1. The standard InChI is InChI=1S/C19H22Cl2N4O4/c20-15-3-1-12(7-16(15)21)10-25-5-6-28-14(11-25)9-23-18(26)8-13-2-4-17(29-13)19(27)24-22/h1-4,7,14H,5-6,8-11,22H2,(H,23,26)(H,24,27)/t14-/m0/s1. The molecule has 1 saturated heterocycles. The number of carbonyl (C=O) groups is 2. The summed E-state index contributed by atoms with van der Waals surface area (Å²) in [6.45, 7) is 3.17. The van der Waals surface area contributed by atoms with Crippen molar-refractivity contribution in [1.82, 2.24) is 15.6 Å². The van der Waals surface area contributed by atoms with Crippen molar-refractivity contribution >= 4 is 35.0 Å². The lowest BCUT2D eigenvalue weighted by atomic mass is 10.2. The Morgan fingerprint density at radius 1 is 1.21 bits per heavy atom. The average molecular weight is 441 g/mol. The number of nitrogens with two attached hydrogens (primary N) is 1. The number of hydrogen-bond acceptors (Lipinski definition) is 6. The Labute approximate surface area is 178 Å². The lowest BCUT2D eigenvalue weighted by Crippen LogP contribution is -2.47. The molecule has 10 heteroatoms. The second-order valence-electron chi connectivity index (χ2n) is 6.70. The number of amides is 2. The molecule has 1 fully saturated rings. The van der Waals surface area contributed by atoms with E-state index in [4.69, 9.17) is 38.2 Å². The number of halogens is 2. The number of rotatable bonds is 7. The van der Waals surface area contributed by atoms with E-state index in [2.05, 4.69) is 10.2 Å². The van der Waals surface area contributed by atoms with Gasteiger partial charge in [0.1, 0.15) is 5.76 Å². The van der Waals surface area contributed by atoms with Crippen molar-refractivity contribution in [2.45, 2.75) is 19.1 Å². The molecule has 1 aromatic heterocycles. The zero-order chi connectivity index (χ0) is 20.8. The largest absolute Gasteiger partial charge is 0.455 e. The van der Waals surface area contributed by atoms with Crippen LogP contribution in [-0.4, -0.2) is 49.1 Å². The first-order valence-electron chi connectivity index (χ1n) is 9.09. The maximum Gasteiger partial charge on any atom is 0.300 e. The molecule has 3 rings (SSSR count). The van der Waals surface area contributed by atoms with Crippen LogP contribution < -0.4 is 16.6 Å². The molecule has 0 aliphatic carbocycles. The Morgan fingerprint density at radius 2 is 2.03 bits per heavy atom. The van der Waals surface area contributed by atoms with Gasteiger partial charge in [-0.3, -0.25) is 19.9 Å². The van der Waals surface area contributed by atoms with Gasteiger partial charge in [-0.25, -0.2) is 5.84 Å². The molecular formula is C19H22Cl2N4O4. The predicted molar refractivity (Wildman–Crippen MR) is 109 cm³/mol. The molecule has 0 spiro atoms. The predicted octanol–water partition coefficient (Wildman–Crippen LogP) is 1.75. The van der Waals surface area contributed by atoms with Crippen LogP contribution in [0.2, 0.25) is 10.0 Å². The first kappa shape index (κ1) is 21.6. The number of morpholine rings is 1. The quantitative estimate of drug-likeness (QED) is 0.343. The number of hydrazine groups is 1. The summed E-state index contributed by atoms with van der Waals surface area (Å²) in [6, 6.07) is 8.63. The van der Waals surface area contributed by atoms with Gasteiger partial charge in [-0.15, -0.1) is 0 Å². The van der Waals surface area contributed by atoms with Gasteiger partial charge < -0.3 is 14.5 Å². The summed E-state index contributed by atoms with van der Waals surface area (Å²) in [4.78, 5) is 25.8. The van der Waals surface area contributed by atoms with E-state index in [1.165, 1.54) is 6.07 Å². The molecule has 2 amide bonds. The van der Waals surface area contributed by atoms with Gasteiger partial charge in [0, 0.05) is 26.2 Å². The van der Waals surface area contributed by atoms with Gasteiger partial charge in [0.2, 0.25) is 5.91 Å². The summed E-state index contributed by atoms with van der Waals surface area (Å²) in [5.41, 5.74) is 3.04. The molecule has 4 N–H and O–H groups in total. The van der Waals surface area contributed by atoms with E-state index in [1.807, 2.05) is 17.6 Å². The molecule has 1 aromatic carbocycles. The second kappa shape index (κ2) is 10.1. The zero-order valence-corrected chi connectivity index (χ0v) is 17.1. The van der Waals surface area contributed by atoms with Crippen LogP contribution in [0.1, 0.15) is 21.9 Å². The van der Waals surface area contributed by atoms with E-state index in [0.29, 0.717) is 35.5 Å². The van der Waals surface area contributed by atoms with E-state index < -0.39 is 5.91 Å². The number of nitrogens with one attached hydrogen (secondary N) is 2. The second-order valence-corrected chi connectivity index (χ2v) is 7.51. The van der Waals surface area contributed by atoms with Gasteiger partial charge in [0.15, 0.2) is 5.76 Å². The molecule has 1 aliphatic heterocycles. The third kappa shape index (κ3) is 6.19. The van der Waals surface area contributed by atoms with Crippen molar-refractivity contribution in [3.8, 4) is 0 Å². The number of nitrogens with zero attached hydrogens (tertiary/aromatic N) is 1. The van der Waals surface area contributed by atoms with Crippen LogP contribution in [0.3, 0.4) is 0 Å². The Kier molecular flexibility index (Phi) is 7.51. The van der Waals surface area contributed by atoms with E-state index in [1.54, 1.807) is 12.1 Å². The Morgan fingerprint density at radius 3 is 2.79 bits per heavy atom. The first-order valence-corrected chi connectivity index (χ1v) is 9.84. The maximum absolute atomic E-state index is 12.2. The van der Waals surface area contributed by atoms with E-state index in [-0.39, 0.29) is 24.2 Å². The van der Waals surface area contributed by atoms with Crippen molar-refractivity contribution in [3.05, 3.63) is 57.5 Å². The molecule has 0 saturated carbocycles.